The van der Waals surface area contributed by atoms with E-state index in [0.717, 1.165) is 17.3 Å². The van der Waals surface area contributed by atoms with Crippen LogP contribution in [0.4, 0.5) is 27.6 Å². The van der Waals surface area contributed by atoms with E-state index >= 15 is 0 Å². The van der Waals surface area contributed by atoms with Crippen molar-refractivity contribution in [2.45, 2.75) is 6.92 Å². The van der Waals surface area contributed by atoms with Crippen LogP contribution in [0.3, 0.4) is 0 Å². The molecule has 0 unspecified atom stereocenters. The van der Waals surface area contributed by atoms with Gasteiger partial charge in [0.25, 0.3) is 0 Å². The molecule has 0 aliphatic rings. The molecule has 27 heavy (non-hydrogen) atoms. The summed E-state index contributed by atoms with van der Waals surface area (Å²) in [6.07, 6.45) is 1.03. The molecule has 0 saturated carbocycles. The van der Waals surface area contributed by atoms with Gasteiger partial charge in [-0.2, -0.15) is 5.10 Å². The molecule has 0 bridgehead atoms. The third-order valence-electron chi connectivity index (χ3n) is 3.74. The lowest BCUT2D eigenvalue weighted by atomic mass is 10.1. The number of benzene rings is 2. The fraction of sp³-hybridized carbons (Fsp3) is 0.0556. The lowest BCUT2D eigenvalue weighted by Gasteiger charge is -2.06. The minimum Gasteiger partial charge on any atom is -0.455 e. The predicted octanol–water partition coefficient (Wildman–Crippen LogP) is 6.05. The zero-order valence-electron chi connectivity index (χ0n) is 13.6. The van der Waals surface area contributed by atoms with Gasteiger partial charge in [0.05, 0.1) is 6.21 Å². The van der Waals surface area contributed by atoms with Gasteiger partial charge in [-0.1, -0.05) is 23.7 Å². The van der Waals surface area contributed by atoms with Gasteiger partial charge in [0.15, 0.2) is 23.3 Å². The van der Waals surface area contributed by atoms with E-state index in [-0.39, 0.29) is 5.76 Å². The van der Waals surface area contributed by atoms with Gasteiger partial charge in [-0.05, 0) is 30.7 Å². The van der Waals surface area contributed by atoms with Gasteiger partial charge in [0.2, 0.25) is 5.82 Å². The zero-order chi connectivity index (χ0) is 19.7. The van der Waals surface area contributed by atoms with Crippen LogP contribution in [0.5, 0.6) is 0 Å². The van der Waals surface area contributed by atoms with Crippen molar-refractivity contribution < 1.29 is 26.4 Å². The number of halogens is 6. The quantitative estimate of drug-likeness (QED) is 0.190. The summed E-state index contributed by atoms with van der Waals surface area (Å²) in [4.78, 5) is 0. The smallest absolute Gasteiger partial charge is 0.200 e. The minimum absolute atomic E-state index is 0.181. The summed E-state index contributed by atoms with van der Waals surface area (Å²) in [6.45, 7) is 1.80. The maximum atomic E-state index is 13.5. The Morgan fingerprint density at radius 2 is 1.56 bits per heavy atom. The van der Waals surface area contributed by atoms with E-state index < -0.39 is 34.8 Å². The lowest BCUT2D eigenvalue weighted by molar-refractivity contribution is 0.381. The van der Waals surface area contributed by atoms with Crippen LogP contribution in [0, 0.1) is 36.0 Å². The predicted molar refractivity (Wildman–Crippen MR) is 91.3 cm³/mol. The highest BCUT2D eigenvalue weighted by Gasteiger charge is 2.25. The van der Waals surface area contributed by atoms with Crippen molar-refractivity contribution in [3.8, 4) is 11.3 Å². The Morgan fingerprint density at radius 1 is 0.926 bits per heavy atom. The summed E-state index contributed by atoms with van der Waals surface area (Å²) in [6, 6.07) is 8.39. The summed E-state index contributed by atoms with van der Waals surface area (Å²) < 4.78 is 71.9. The standard InChI is InChI=1S/C18H10ClF5N2O/c1-8-10(3-2-4-11(8)19)12-6-5-9(27-12)7-25-26-18-16(23)14(21)13(20)15(22)17(18)24/h2-7,26H,1H3/b25-7+. The van der Waals surface area contributed by atoms with Crippen LogP contribution in [0.2, 0.25) is 5.02 Å². The van der Waals surface area contributed by atoms with Gasteiger partial charge >= 0.3 is 0 Å². The monoisotopic (exact) mass is 400 g/mol. The van der Waals surface area contributed by atoms with E-state index in [4.69, 9.17) is 16.0 Å². The molecule has 3 rings (SSSR count). The summed E-state index contributed by atoms with van der Waals surface area (Å²) >= 11 is 6.05. The number of rotatable bonds is 4. The fourth-order valence-electron chi connectivity index (χ4n) is 2.30. The van der Waals surface area contributed by atoms with Crippen molar-refractivity contribution in [1.82, 2.24) is 0 Å². The third-order valence-corrected chi connectivity index (χ3v) is 4.15. The van der Waals surface area contributed by atoms with Crippen LogP contribution >= 0.6 is 11.6 Å². The number of anilines is 1. The first kappa shape index (κ1) is 18.9. The van der Waals surface area contributed by atoms with Crippen molar-refractivity contribution >= 4 is 23.5 Å². The Labute approximate surface area is 155 Å². The number of nitrogens with zero attached hydrogens (tertiary/aromatic N) is 1. The second-order valence-corrected chi connectivity index (χ2v) is 5.84. The average molecular weight is 401 g/mol. The van der Waals surface area contributed by atoms with E-state index in [9.17, 15) is 22.0 Å². The number of nitrogens with one attached hydrogen (secondary N) is 1. The second-order valence-electron chi connectivity index (χ2n) is 5.43. The van der Waals surface area contributed by atoms with E-state index in [1.807, 2.05) is 0 Å². The summed E-state index contributed by atoms with van der Waals surface area (Å²) in [5.74, 6) is -9.76. The Hall–Kier alpha value is -2.87. The van der Waals surface area contributed by atoms with Gasteiger partial charge in [-0.3, -0.25) is 5.43 Å². The zero-order valence-corrected chi connectivity index (χ0v) is 14.3. The Kier molecular flexibility index (Phi) is 5.18. The highest BCUT2D eigenvalue weighted by Crippen LogP contribution is 2.30. The molecule has 0 atom stereocenters. The maximum absolute atomic E-state index is 13.5. The molecule has 0 amide bonds. The summed E-state index contributed by atoms with van der Waals surface area (Å²) in [5.41, 5.74) is 2.06. The lowest BCUT2D eigenvalue weighted by Crippen LogP contribution is -2.06. The van der Waals surface area contributed by atoms with Gasteiger partial charge < -0.3 is 4.42 Å². The number of hydrogen-bond donors (Lipinski definition) is 1. The van der Waals surface area contributed by atoms with Gasteiger partial charge in [-0.25, -0.2) is 22.0 Å². The van der Waals surface area contributed by atoms with Crippen LogP contribution in [-0.2, 0) is 0 Å². The molecule has 3 nitrogen and oxygen atoms in total. The molecule has 0 fully saturated rings. The van der Waals surface area contributed by atoms with Crippen LogP contribution in [-0.4, -0.2) is 6.21 Å². The minimum atomic E-state index is -2.24. The van der Waals surface area contributed by atoms with Gasteiger partial charge in [0, 0.05) is 10.6 Å². The number of hydrogen-bond acceptors (Lipinski definition) is 3. The molecular formula is C18H10ClF5N2O. The molecule has 0 aliphatic carbocycles. The summed E-state index contributed by atoms with van der Waals surface area (Å²) in [7, 11) is 0. The molecule has 0 saturated heterocycles. The van der Waals surface area contributed by atoms with Crippen molar-refractivity contribution in [3.63, 3.8) is 0 Å². The Balaban J connectivity index is 1.83. The fourth-order valence-corrected chi connectivity index (χ4v) is 2.48. The highest BCUT2D eigenvalue weighted by molar-refractivity contribution is 6.31. The van der Waals surface area contributed by atoms with Crippen molar-refractivity contribution in [3.05, 3.63) is 75.8 Å². The number of hydrazone groups is 1. The first-order chi connectivity index (χ1) is 12.8. The third kappa shape index (κ3) is 3.52. The van der Waals surface area contributed by atoms with Crippen molar-refractivity contribution in [1.29, 1.82) is 0 Å². The molecule has 1 aromatic heterocycles. The Morgan fingerprint density at radius 3 is 2.22 bits per heavy atom. The van der Waals surface area contributed by atoms with E-state index in [2.05, 4.69) is 5.10 Å². The van der Waals surface area contributed by atoms with Crippen LogP contribution in [0.25, 0.3) is 11.3 Å². The van der Waals surface area contributed by atoms with Crippen molar-refractivity contribution in [2.75, 3.05) is 5.43 Å². The van der Waals surface area contributed by atoms with E-state index in [1.165, 1.54) is 6.07 Å². The largest absolute Gasteiger partial charge is 0.455 e. The second kappa shape index (κ2) is 7.40. The van der Waals surface area contributed by atoms with Crippen LogP contribution < -0.4 is 5.43 Å². The van der Waals surface area contributed by atoms with Crippen molar-refractivity contribution in [2.24, 2.45) is 5.10 Å². The molecule has 1 heterocycles. The highest BCUT2D eigenvalue weighted by atomic mass is 35.5. The molecule has 140 valence electrons. The molecule has 9 heteroatoms. The van der Waals surface area contributed by atoms with Gasteiger partial charge in [-0.15, -0.1) is 0 Å². The molecule has 0 radical (unpaired) electrons. The number of furan rings is 1. The topological polar surface area (TPSA) is 37.5 Å². The average Bonchev–Trinajstić information content (AvgIpc) is 3.12. The van der Waals surface area contributed by atoms with Crippen LogP contribution in [0.15, 0.2) is 39.9 Å². The molecular weight excluding hydrogens is 391 g/mol. The molecule has 0 aliphatic heterocycles. The van der Waals surface area contributed by atoms with E-state index in [0.29, 0.717) is 10.8 Å². The van der Waals surface area contributed by atoms with Gasteiger partial charge in [0.1, 0.15) is 17.2 Å². The normalized spacial score (nSPS) is 11.4. The Bertz CT molecular complexity index is 1020. The SMILES string of the molecule is Cc1c(Cl)cccc1-c1ccc(/C=N/Nc2c(F)c(F)c(F)c(F)c2F)o1. The van der Waals surface area contributed by atoms with Crippen LogP contribution in [0.1, 0.15) is 11.3 Å². The first-order valence-corrected chi connectivity index (χ1v) is 7.85. The molecule has 1 N–H and O–H groups in total. The molecule has 2 aromatic carbocycles. The molecule has 3 aromatic rings. The summed E-state index contributed by atoms with van der Waals surface area (Å²) in [5, 5.41) is 4.01. The maximum Gasteiger partial charge on any atom is 0.200 e. The van der Waals surface area contributed by atoms with E-state index in [1.54, 1.807) is 36.6 Å². The first-order valence-electron chi connectivity index (χ1n) is 7.47. The molecule has 0 spiro atoms.